The highest BCUT2D eigenvalue weighted by atomic mass is 16.5. The summed E-state index contributed by atoms with van der Waals surface area (Å²) in [6, 6.07) is 5.16. The minimum atomic E-state index is -0.305. The van der Waals surface area contributed by atoms with Crippen LogP contribution in [0.5, 0.6) is 5.75 Å². The fraction of sp³-hybridized carbons (Fsp3) is 0.529. The van der Waals surface area contributed by atoms with Crippen LogP contribution < -0.4 is 15.4 Å². The third kappa shape index (κ3) is 4.92. The molecular formula is C17H25N7O3. The van der Waals surface area contributed by atoms with Crippen molar-refractivity contribution >= 4 is 11.7 Å². The Labute approximate surface area is 157 Å². The Morgan fingerprint density at radius 2 is 2.30 bits per heavy atom. The summed E-state index contributed by atoms with van der Waals surface area (Å²) in [4.78, 5) is 14.4. The number of carbonyl (C=O) groups is 1. The number of benzene rings is 1. The number of rotatable bonds is 7. The van der Waals surface area contributed by atoms with Crippen LogP contribution in [0.4, 0.5) is 10.5 Å². The molecule has 1 aliphatic heterocycles. The average molecular weight is 375 g/mol. The van der Waals surface area contributed by atoms with Crippen LogP contribution in [0.1, 0.15) is 19.3 Å². The monoisotopic (exact) mass is 375 g/mol. The molecule has 3 rings (SSSR count). The van der Waals surface area contributed by atoms with E-state index in [1.54, 1.807) is 18.2 Å². The van der Waals surface area contributed by atoms with Gasteiger partial charge in [0.25, 0.3) is 0 Å². The van der Waals surface area contributed by atoms with Crippen LogP contribution in [-0.4, -0.2) is 75.6 Å². The lowest BCUT2D eigenvalue weighted by atomic mass is 10.0. The molecule has 1 aromatic heterocycles. The maximum atomic E-state index is 12.2. The molecule has 2 amide bonds. The number of anilines is 1. The zero-order chi connectivity index (χ0) is 19.1. The molecule has 1 fully saturated rings. The number of ether oxygens (including phenoxy) is 1. The molecule has 1 atom stereocenters. The van der Waals surface area contributed by atoms with Crippen molar-refractivity contribution in [3.8, 4) is 11.4 Å². The molecule has 0 saturated carbocycles. The van der Waals surface area contributed by atoms with Crippen LogP contribution in [0.25, 0.3) is 5.69 Å². The van der Waals surface area contributed by atoms with Gasteiger partial charge in [-0.25, -0.2) is 9.48 Å². The summed E-state index contributed by atoms with van der Waals surface area (Å²) in [5, 5.41) is 26.1. The quantitative estimate of drug-likeness (QED) is 0.650. The minimum Gasteiger partial charge on any atom is -0.494 e. The molecule has 0 radical (unpaired) electrons. The molecule has 1 aromatic carbocycles. The molecule has 0 spiro atoms. The van der Waals surface area contributed by atoms with E-state index in [0.717, 1.165) is 31.5 Å². The number of amides is 2. The first-order chi connectivity index (χ1) is 13.2. The predicted octanol–water partition coefficient (Wildman–Crippen LogP) is 0.639. The zero-order valence-corrected chi connectivity index (χ0v) is 15.3. The van der Waals surface area contributed by atoms with Crippen LogP contribution >= 0.6 is 0 Å². The van der Waals surface area contributed by atoms with Crippen molar-refractivity contribution in [2.45, 2.75) is 25.3 Å². The van der Waals surface area contributed by atoms with Crippen molar-refractivity contribution in [2.75, 3.05) is 38.7 Å². The summed E-state index contributed by atoms with van der Waals surface area (Å²) in [5.74, 6) is 0.509. The van der Waals surface area contributed by atoms with Gasteiger partial charge in [-0.3, -0.25) is 4.90 Å². The van der Waals surface area contributed by atoms with Crippen LogP contribution in [0, 0.1) is 0 Å². The summed E-state index contributed by atoms with van der Waals surface area (Å²) >= 11 is 0. The smallest absolute Gasteiger partial charge is 0.319 e. The van der Waals surface area contributed by atoms with Gasteiger partial charge in [-0.2, -0.15) is 0 Å². The summed E-state index contributed by atoms with van der Waals surface area (Å²) in [5.41, 5.74) is 1.28. The number of aliphatic hydroxyl groups is 1. The van der Waals surface area contributed by atoms with Gasteiger partial charge in [0.1, 0.15) is 12.1 Å². The Balaban J connectivity index is 1.53. The number of nitrogens with one attached hydrogen (secondary N) is 2. The molecule has 1 aliphatic rings. The van der Waals surface area contributed by atoms with Crippen molar-refractivity contribution in [3.05, 3.63) is 24.5 Å². The second-order valence-corrected chi connectivity index (χ2v) is 6.39. The van der Waals surface area contributed by atoms with Gasteiger partial charge >= 0.3 is 6.03 Å². The van der Waals surface area contributed by atoms with Crippen LogP contribution in [0.2, 0.25) is 0 Å². The number of methoxy groups -OCH3 is 1. The van der Waals surface area contributed by atoms with Gasteiger partial charge in [0, 0.05) is 25.2 Å². The number of tetrazole rings is 1. The molecule has 10 nitrogen and oxygen atoms in total. The van der Waals surface area contributed by atoms with E-state index in [1.165, 1.54) is 18.1 Å². The third-order valence-corrected chi connectivity index (χ3v) is 4.69. The largest absolute Gasteiger partial charge is 0.494 e. The predicted molar refractivity (Wildman–Crippen MR) is 99.0 cm³/mol. The molecule has 1 saturated heterocycles. The van der Waals surface area contributed by atoms with Crippen LogP contribution in [0.15, 0.2) is 24.5 Å². The zero-order valence-electron chi connectivity index (χ0n) is 15.3. The van der Waals surface area contributed by atoms with E-state index in [9.17, 15) is 9.90 Å². The first-order valence-corrected chi connectivity index (χ1v) is 9.02. The Morgan fingerprint density at radius 1 is 1.41 bits per heavy atom. The van der Waals surface area contributed by atoms with E-state index in [0.29, 0.717) is 24.5 Å². The topological polar surface area (TPSA) is 117 Å². The van der Waals surface area contributed by atoms with E-state index in [1.807, 2.05) is 0 Å². The normalized spacial score (nSPS) is 17.5. The van der Waals surface area contributed by atoms with Gasteiger partial charge < -0.3 is 20.5 Å². The highest BCUT2D eigenvalue weighted by Gasteiger charge is 2.21. The molecule has 3 N–H and O–H groups in total. The van der Waals surface area contributed by atoms with Crippen molar-refractivity contribution in [3.63, 3.8) is 0 Å². The van der Waals surface area contributed by atoms with Gasteiger partial charge in [-0.15, -0.1) is 5.10 Å². The SMILES string of the molecule is COc1cc(-n2cnnn2)ccc1NC(=O)NCCN1CCCCC1CO. The Hall–Kier alpha value is -2.72. The summed E-state index contributed by atoms with van der Waals surface area (Å²) in [7, 11) is 1.53. The molecule has 10 heteroatoms. The second-order valence-electron chi connectivity index (χ2n) is 6.39. The molecule has 2 heterocycles. The Bertz CT molecular complexity index is 738. The molecule has 2 aromatic rings. The van der Waals surface area contributed by atoms with Crippen molar-refractivity contribution < 1.29 is 14.6 Å². The van der Waals surface area contributed by atoms with E-state index >= 15 is 0 Å². The standard InChI is InChI=1S/C17H25N7O3/c1-27-16-10-13(24-12-19-21-22-24)5-6-15(16)20-17(26)18-7-9-23-8-3-2-4-14(23)11-25/h5-6,10,12,14,25H,2-4,7-9,11H2,1H3,(H2,18,20,26). The van der Waals surface area contributed by atoms with E-state index in [4.69, 9.17) is 4.74 Å². The molecule has 1 unspecified atom stereocenters. The van der Waals surface area contributed by atoms with Crippen molar-refractivity contribution in [1.29, 1.82) is 0 Å². The fourth-order valence-electron chi connectivity index (χ4n) is 3.25. The van der Waals surface area contributed by atoms with Gasteiger partial charge in [-0.05, 0) is 41.9 Å². The molecular weight excluding hydrogens is 350 g/mol. The first kappa shape index (κ1) is 19.1. The number of hydrogen-bond acceptors (Lipinski definition) is 7. The lowest BCUT2D eigenvalue weighted by Gasteiger charge is -2.34. The number of aliphatic hydroxyl groups excluding tert-OH is 1. The average Bonchev–Trinajstić information content (AvgIpc) is 3.23. The fourth-order valence-corrected chi connectivity index (χ4v) is 3.25. The minimum absolute atomic E-state index is 0.164. The maximum absolute atomic E-state index is 12.2. The number of piperidine rings is 1. The van der Waals surface area contributed by atoms with Gasteiger partial charge in [0.15, 0.2) is 0 Å². The Morgan fingerprint density at radius 3 is 3.04 bits per heavy atom. The van der Waals surface area contributed by atoms with Gasteiger partial charge in [0.05, 0.1) is 25.1 Å². The molecule has 0 bridgehead atoms. The summed E-state index contributed by atoms with van der Waals surface area (Å²) in [6.45, 7) is 2.35. The van der Waals surface area contributed by atoms with Crippen molar-refractivity contribution in [2.24, 2.45) is 0 Å². The summed E-state index contributed by atoms with van der Waals surface area (Å²) < 4.78 is 6.86. The lowest BCUT2D eigenvalue weighted by molar-refractivity contribution is 0.0917. The summed E-state index contributed by atoms with van der Waals surface area (Å²) in [6.07, 6.45) is 4.77. The van der Waals surface area contributed by atoms with Crippen LogP contribution in [0.3, 0.4) is 0 Å². The molecule has 0 aliphatic carbocycles. The molecule has 27 heavy (non-hydrogen) atoms. The number of carbonyl (C=O) groups excluding carboxylic acids is 1. The van der Waals surface area contributed by atoms with E-state index < -0.39 is 0 Å². The number of urea groups is 1. The number of hydrogen-bond donors (Lipinski definition) is 3. The maximum Gasteiger partial charge on any atom is 0.319 e. The highest BCUT2D eigenvalue weighted by molar-refractivity contribution is 5.91. The molecule has 146 valence electrons. The third-order valence-electron chi connectivity index (χ3n) is 4.69. The van der Waals surface area contributed by atoms with Crippen LogP contribution in [-0.2, 0) is 0 Å². The highest BCUT2D eigenvalue weighted by Crippen LogP contribution is 2.26. The van der Waals surface area contributed by atoms with Gasteiger partial charge in [0.2, 0.25) is 0 Å². The number of nitrogens with zero attached hydrogens (tertiary/aromatic N) is 5. The van der Waals surface area contributed by atoms with Gasteiger partial charge in [-0.1, -0.05) is 6.42 Å². The Kier molecular flexibility index (Phi) is 6.55. The second kappa shape index (κ2) is 9.28. The lowest BCUT2D eigenvalue weighted by Crippen LogP contribution is -2.46. The number of aromatic nitrogens is 4. The van der Waals surface area contributed by atoms with E-state index in [2.05, 4.69) is 31.1 Å². The first-order valence-electron chi connectivity index (χ1n) is 9.02. The van der Waals surface area contributed by atoms with E-state index in [-0.39, 0.29) is 18.7 Å². The number of likely N-dealkylation sites (tertiary alicyclic amines) is 1. The van der Waals surface area contributed by atoms with Crippen molar-refractivity contribution in [1.82, 2.24) is 30.4 Å².